The lowest BCUT2D eigenvalue weighted by Crippen LogP contribution is -2.21. The summed E-state index contributed by atoms with van der Waals surface area (Å²) >= 11 is 0. The molecule has 0 aliphatic carbocycles. The number of rotatable bonds is 6. The van der Waals surface area contributed by atoms with E-state index in [9.17, 15) is 0 Å². The third kappa shape index (κ3) is 3.22. The molecule has 0 bridgehead atoms. The molecule has 0 amide bonds. The number of methoxy groups -OCH3 is 1. The van der Waals surface area contributed by atoms with Crippen molar-refractivity contribution in [2.45, 2.75) is 13.0 Å². The summed E-state index contributed by atoms with van der Waals surface area (Å²) in [4.78, 5) is 6.83. The Morgan fingerprint density at radius 2 is 2.11 bits per heavy atom. The molecule has 0 fully saturated rings. The Hall–Kier alpha value is -1.65. The maximum Gasteiger partial charge on any atom is 0.136 e. The molecule has 0 saturated heterocycles. The zero-order valence-electron chi connectivity index (χ0n) is 11.6. The van der Waals surface area contributed by atoms with Crippen LogP contribution in [-0.4, -0.2) is 32.3 Å². The van der Waals surface area contributed by atoms with Gasteiger partial charge in [-0.15, -0.1) is 0 Å². The van der Waals surface area contributed by atoms with E-state index in [1.165, 1.54) is 10.8 Å². The molecular formula is C15H21N3O. The molecule has 0 unspecified atom stereocenters. The van der Waals surface area contributed by atoms with E-state index in [0.717, 1.165) is 31.1 Å². The molecule has 0 atom stereocenters. The van der Waals surface area contributed by atoms with Crippen LogP contribution in [0.3, 0.4) is 0 Å². The van der Waals surface area contributed by atoms with Crippen molar-refractivity contribution in [3.8, 4) is 0 Å². The van der Waals surface area contributed by atoms with E-state index in [1.54, 1.807) is 7.11 Å². The van der Waals surface area contributed by atoms with Crippen molar-refractivity contribution in [3.05, 3.63) is 36.0 Å². The maximum absolute atomic E-state index is 5.73. The Bertz CT molecular complexity index is 542. The number of nitrogens with two attached hydrogens (primary N) is 1. The highest BCUT2D eigenvalue weighted by molar-refractivity contribution is 5.92. The van der Waals surface area contributed by atoms with Crippen LogP contribution in [0.2, 0.25) is 0 Å². The van der Waals surface area contributed by atoms with Crippen molar-refractivity contribution in [1.82, 2.24) is 4.98 Å². The highest BCUT2D eigenvalue weighted by Crippen LogP contribution is 2.25. The predicted octanol–water partition coefficient (Wildman–Crippen LogP) is 2.17. The molecule has 19 heavy (non-hydrogen) atoms. The van der Waals surface area contributed by atoms with Gasteiger partial charge < -0.3 is 15.4 Å². The van der Waals surface area contributed by atoms with Crippen LogP contribution in [0.1, 0.15) is 12.1 Å². The number of hydrogen-bond donors (Lipinski definition) is 1. The van der Waals surface area contributed by atoms with E-state index in [-0.39, 0.29) is 0 Å². The maximum atomic E-state index is 5.73. The lowest BCUT2D eigenvalue weighted by molar-refractivity contribution is 0.196. The zero-order chi connectivity index (χ0) is 13.7. The fourth-order valence-corrected chi connectivity index (χ4v) is 2.18. The topological polar surface area (TPSA) is 51.4 Å². The van der Waals surface area contributed by atoms with Gasteiger partial charge in [0.05, 0.1) is 5.69 Å². The van der Waals surface area contributed by atoms with E-state index in [0.29, 0.717) is 6.54 Å². The minimum atomic E-state index is 0.462. The number of ether oxygens (including phenoxy) is 1. The Balaban J connectivity index is 2.34. The van der Waals surface area contributed by atoms with Crippen molar-refractivity contribution < 1.29 is 4.74 Å². The van der Waals surface area contributed by atoms with Crippen LogP contribution in [0.4, 0.5) is 5.82 Å². The van der Waals surface area contributed by atoms with E-state index < -0.39 is 0 Å². The summed E-state index contributed by atoms with van der Waals surface area (Å²) in [5, 5.41) is 2.35. The minimum absolute atomic E-state index is 0.462. The number of benzene rings is 1. The van der Waals surface area contributed by atoms with Gasteiger partial charge in [0.1, 0.15) is 5.82 Å². The number of pyridine rings is 1. The number of fused-ring (bicyclic) bond motifs is 1. The second kappa shape index (κ2) is 6.50. The van der Waals surface area contributed by atoms with Crippen LogP contribution in [0.5, 0.6) is 0 Å². The summed E-state index contributed by atoms with van der Waals surface area (Å²) in [7, 11) is 3.79. The summed E-state index contributed by atoms with van der Waals surface area (Å²) in [5.41, 5.74) is 6.65. The molecule has 2 N–H and O–H groups in total. The van der Waals surface area contributed by atoms with Gasteiger partial charge in [0.2, 0.25) is 0 Å². The molecule has 4 heteroatoms. The van der Waals surface area contributed by atoms with Gasteiger partial charge in [-0.25, -0.2) is 4.98 Å². The Kier molecular flexibility index (Phi) is 4.71. The Morgan fingerprint density at radius 1 is 1.32 bits per heavy atom. The van der Waals surface area contributed by atoms with Crippen molar-refractivity contribution >= 4 is 16.6 Å². The summed E-state index contributed by atoms with van der Waals surface area (Å²) in [6.07, 6.45) is 0.982. The van der Waals surface area contributed by atoms with E-state index in [4.69, 9.17) is 10.5 Å². The van der Waals surface area contributed by atoms with Crippen molar-refractivity contribution in [1.29, 1.82) is 0 Å². The van der Waals surface area contributed by atoms with Crippen LogP contribution in [0.25, 0.3) is 10.8 Å². The van der Waals surface area contributed by atoms with Crippen molar-refractivity contribution in [3.63, 3.8) is 0 Å². The van der Waals surface area contributed by atoms with Gasteiger partial charge in [-0.05, 0) is 17.9 Å². The molecule has 1 aromatic heterocycles. The first-order valence-corrected chi connectivity index (χ1v) is 6.55. The van der Waals surface area contributed by atoms with Crippen LogP contribution in [0.15, 0.2) is 30.3 Å². The largest absolute Gasteiger partial charge is 0.385 e. The van der Waals surface area contributed by atoms with Gasteiger partial charge in [0.25, 0.3) is 0 Å². The van der Waals surface area contributed by atoms with Crippen LogP contribution >= 0.6 is 0 Å². The lowest BCUT2D eigenvalue weighted by atomic mass is 10.1. The lowest BCUT2D eigenvalue weighted by Gasteiger charge is -2.20. The third-order valence-electron chi connectivity index (χ3n) is 3.19. The third-order valence-corrected chi connectivity index (χ3v) is 3.19. The Labute approximate surface area is 114 Å². The summed E-state index contributed by atoms with van der Waals surface area (Å²) in [6, 6.07) is 10.3. The molecule has 102 valence electrons. The molecule has 0 spiro atoms. The standard InChI is InChI=1S/C15H21N3O/c1-18(8-5-9-19-2)15-14-7-4-3-6-12(14)10-13(11-16)17-15/h3-4,6-7,10H,5,8-9,11,16H2,1-2H3. The van der Waals surface area contributed by atoms with Gasteiger partial charge in [0.15, 0.2) is 0 Å². The normalized spacial score (nSPS) is 10.9. The summed E-state index contributed by atoms with van der Waals surface area (Å²) in [5.74, 6) is 0.995. The molecular weight excluding hydrogens is 238 g/mol. The first-order valence-electron chi connectivity index (χ1n) is 6.55. The van der Waals surface area contributed by atoms with Crippen LogP contribution in [0, 0.1) is 0 Å². The van der Waals surface area contributed by atoms with E-state index in [2.05, 4.69) is 35.1 Å². The first-order chi connectivity index (χ1) is 9.26. The minimum Gasteiger partial charge on any atom is -0.385 e. The molecule has 0 saturated carbocycles. The zero-order valence-corrected chi connectivity index (χ0v) is 11.6. The molecule has 1 heterocycles. The Morgan fingerprint density at radius 3 is 2.84 bits per heavy atom. The van der Waals surface area contributed by atoms with Gasteiger partial charge in [-0.3, -0.25) is 0 Å². The molecule has 0 aliphatic rings. The molecule has 0 aliphatic heterocycles. The molecule has 2 rings (SSSR count). The quantitative estimate of drug-likeness (QED) is 0.808. The van der Waals surface area contributed by atoms with Gasteiger partial charge in [-0.1, -0.05) is 24.3 Å². The molecule has 1 aromatic carbocycles. The highest BCUT2D eigenvalue weighted by atomic mass is 16.5. The van der Waals surface area contributed by atoms with E-state index in [1.807, 2.05) is 12.1 Å². The smallest absolute Gasteiger partial charge is 0.136 e. The highest BCUT2D eigenvalue weighted by Gasteiger charge is 2.09. The predicted molar refractivity (Wildman–Crippen MR) is 79.4 cm³/mol. The molecule has 0 radical (unpaired) electrons. The van der Waals surface area contributed by atoms with Gasteiger partial charge in [0, 0.05) is 39.2 Å². The average molecular weight is 259 g/mol. The molecule has 2 aromatic rings. The second-order valence-corrected chi connectivity index (χ2v) is 4.63. The number of aromatic nitrogens is 1. The summed E-state index contributed by atoms with van der Waals surface area (Å²) < 4.78 is 5.09. The fraction of sp³-hybridized carbons (Fsp3) is 0.400. The number of hydrogen-bond acceptors (Lipinski definition) is 4. The van der Waals surface area contributed by atoms with Crippen molar-refractivity contribution in [2.75, 3.05) is 32.2 Å². The van der Waals surface area contributed by atoms with Crippen molar-refractivity contribution in [2.24, 2.45) is 5.73 Å². The monoisotopic (exact) mass is 259 g/mol. The SMILES string of the molecule is COCCCN(C)c1nc(CN)cc2ccccc12. The number of anilines is 1. The average Bonchev–Trinajstić information content (AvgIpc) is 2.46. The van der Waals surface area contributed by atoms with Gasteiger partial charge >= 0.3 is 0 Å². The second-order valence-electron chi connectivity index (χ2n) is 4.63. The molecule has 4 nitrogen and oxygen atoms in total. The number of nitrogens with zero attached hydrogens (tertiary/aromatic N) is 2. The summed E-state index contributed by atoms with van der Waals surface area (Å²) in [6.45, 7) is 2.14. The van der Waals surface area contributed by atoms with Crippen LogP contribution in [-0.2, 0) is 11.3 Å². The van der Waals surface area contributed by atoms with Gasteiger partial charge in [-0.2, -0.15) is 0 Å². The van der Waals surface area contributed by atoms with E-state index >= 15 is 0 Å². The first kappa shape index (κ1) is 13.8. The fourth-order valence-electron chi connectivity index (χ4n) is 2.18. The van der Waals surface area contributed by atoms with Crippen LogP contribution < -0.4 is 10.6 Å².